The molecule has 0 radical (unpaired) electrons. The van der Waals surface area contributed by atoms with Crippen molar-refractivity contribution >= 4 is 46.6 Å². The molecule has 0 saturated heterocycles. The summed E-state index contributed by atoms with van der Waals surface area (Å²) >= 11 is 12.5. The first-order valence-corrected chi connectivity index (χ1v) is 10.3. The number of benzene rings is 2. The molecule has 10 heteroatoms. The van der Waals surface area contributed by atoms with Gasteiger partial charge in [-0.05, 0) is 31.2 Å². The van der Waals surface area contributed by atoms with Crippen LogP contribution in [0.2, 0.25) is 10.0 Å². The van der Waals surface area contributed by atoms with Crippen molar-refractivity contribution in [1.82, 2.24) is 9.97 Å². The lowest BCUT2D eigenvalue weighted by molar-refractivity contribution is -0.141. The van der Waals surface area contributed by atoms with Crippen LogP contribution in [-0.4, -0.2) is 21.6 Å². The number of halogens is 5. The number of aromatic nitrogens is 2. The van der Waals surface area contributed by atoms with Gasteiger partial charge in [-0.1, -0.05) is 64.8 Å². The molecule has 0 aliphatic heterocycles. The first-order valence-electron chi connectivity index (χ1n) is 8.53. The lowest BCUT2D eigenvalue weighted by Crippen LogP contribution is -2.15. The molecule has 1 heterocycles. The predicted molar refractivity (Wildman–Crippen MR) is 113 cm³/mol. The second-order valence-electron chi connectivity index (χ2n) is 6.25. The minimum atomic E-state index is -4.64. The highest BCUT2D eigenvalue weighted by atomic mass is 35.5. The summed E-state index contributed by atoms with van der Waals surface area (Å²) in [7, 11) is 0. The van der Waals surface area contributed by atoms with Gasteiger partial charge in [0.25, 0.3) is 0 Å². The second kappa shape index (κ2) is 9.24. The van der Waals surface area contributed by atoms with Gasteiger partial charge >= 0.3 is 6.18 Å². The van der Waals surface area contributed by atoms with E-state index >= 15 is 0 Å². The van der Waals surface area contributed by atoms with Crippen LogP contribution in [0.4, 0.5) is 18.9 Å². The molecule has 0 saturated carbocycles. The van der Waals surface area contributed by atoms with Crippen LogP contribution in [0.5, 0.6) is 0 Å². The van der Waals surface area contributed by atoms with E-state index in [9.17, 15) is 18.0 Å². The van der Waals surface area contributed by atoms with Gasteiger partial charge in [0.05, 0.1) is 21.5 Å². The molecule has 0 aliphatic rings. The molecule has 0 fully saturated rings. The number of rotatable bonds is 5. The number of aryl methyl sites for hydroxylation is 1. The lowest BCUT2D eigenvalue weighted by Gasteiger charge is -2.11. The first kappa shape index (κ1) is 22.4. The third kappa shape index (κ3) is 5.87. The van der Waals surface area contributed by atoms with Crippen molar-refractivity contribution in [2.75, 3.05) is 11.1 Å². The van der Waals surface area contributed by atoms with Crippen LogP contribution in [-0.2, 0) is 11.0 Å². The Labute approximate surface area is 184 Å². The number of alkyl halides is 3. The minimum Gasteiger partial charge on any atom is -0.325 e. The van der Waals surface area contributed by atoms with E-state index in [4.69, 9.17) is 23.2 Å². The molecular formula is C20H14Cl2F3N3OS. The van der Waals surface area contributed by atoms with Gasteiger partial charge in [0.15, 0.2) is 5.16 Å². The smallest absolute Gasteiger partial charge is 0.325 e. The van der Waals surface area contributed by atoms with Crippen molar-refractivity contribution < 1.29 is 18.0 Å². The second-order valence-corrected chi connectivity index (χ2v) is 8.01. The van der Waals surface area contributed by atoms with Gasteiger partial charge in [0.1, 0.15) is 5.69 Å². The van der Waals surface area contributed by atoms with Crippen molar-refractivity contribution in [1.29, 1.82) is 0 Å². The third-order valence-corrected chi connectivity index (χ3v) is 5.47. The molecule has 30 heavy (non-hydrogen) atoms. The van der Waals surface area contributed by atoms with E-state index in [2.05, 4.69) is 15.3 Å². The number of hydrogen-bond acceptors (Lipinski definition) is 4. The monoisotopic (exact) mass is 471 g/mol. The van der Waals surface area contributed by atoms with Crippen LogP contribution in [0.15, 0.2) is 53.7 Å². The highest BCUT2D eigenvalue weighted by Crippen LogP contribution is 2.32. The summed E-state index contributed by atoms with van der Waals surface area (Å²) in [6.07, 6.45) is -4.64. The number of nitrogens with zero attached hydrogens (tertiary/aromatic N) is 2. The highest BCUT2D eigenvalue weighted by Gasteiger charge is 2.34. The Hall–Kier alpha value is -2.29. The standard InChI is InChI=1S/C20H14Cl2F3N3OS/c1-11-2-4-12(5-3-11)16-9-17(20(23,24)25)28-19(27-16)30-10-18(29)26-13-6-7-14(21)15(22)8-13/h2-9H,10H2,1H3,(H,26,29). The maximum absolute atomic E-state index is 13.3. The van der Waals surface area contributed by atoms with E-state index in [1.807, 2.05) is 6.92 Å². The van der Waals surface area contributed by atoms with Crippen molar-refractivity contribution in [3.05, 3.63) is 69.8 Å². The summed E-state index contributed by atoms with van der Waals surface area (Å²) < 4.78 is 39.8. The van der Waals surface area contributed by atoms with Crippen LogP contribution in [0, 0.1) is 6.92 Å². The molecule has 0 aliphatic carbocycles. The molecule has 0 unspecified atom stereocenters. The molecule has 0 bridgehead atoms. The maximum atomic E-state index is 13.3. The summed E-state index contributed by atoms with van der Waals surface area (Å²) in [5.74, 6) is -0.634. The van der Waals surface area contributed by atoms with Crippen LogP contribution >= 0.6 is 35.0 Å². The van der Waals surface area contributed by atoms with Gasteiger partial charge in [-0.2, -0.15) is 13.2 Å². The molecule has 1 N–H and O–H groups in total. The van der Waals surface area contributed by atoms with Crippen LogP contribution in [0.1, 0.15) is 11.3 Å². The largest absolute Gasteiger partial charge is 0.433 e. The van der Waals surface area contributed by atoms with Crippen LogP contribution < -0.4 is 5.32 Å². The number of hydrogen-bond donors (Lipinski definition) is 1. The summed E-state index contributed by atoms with van der Waals surface area (Å²) in [6.45, 7) is 1.87. The zero-order valence-corrected chi connectivity index (χ0v) is 17.8. The fourth-order valence-corrected chi connectivity index (χ4v) is 3.36. The fraction of sp³-hybridized carbons (Fsp3) is 0.150. The average molecular weight is 472 g/mol. The number of carbonyl (C=O) groups excluding carboxylic acids is 1. The number of anilines is 1. The molecule has 156 valence electrons. The molecular weight excluding hydrogens is 458 g/mol. The molecule has 2 aromatic carbocycles. The molecule has 3 rings (SSSR count). The Bertz CT molecular complexity index is 1080. The first-order chi connectivity index (χ1) is 14.1. The Morgan fingerprint density at radius 1 is 1.03 bits per heavy atom. The van der Waals surface area contributed by atoms with Crippen molar-refractivity contribution in [3.63, 3.8) is 0 Å². The molecule has 1 amide bonds. The fourth-order valence-electron chi connectivity index (χ4n) is 2.41. The molecule has 1 aromatic heterocycles. The Balaban J connectivity index is 1.78. The van der Waals surface area contributed by atoms with Gasteiger partial charge in [-0.25, -0.2) is 9.97 Å². The highest BCUT2D eigenvalue weighted by molar-refractivity contribution is 7.99. The average Bonchev–Trinajstić information content (AvgIpc) is 2.69. The van der Waals surface area contributed by atoms with E-state index in [-0.39, 0.29) is 21.6 Å². The van der Waals surface area contributed by atoms with Crippen LogP contribution in [0.3, 0.4) is 0 Å². The van der Waals surface area contributed by atoms with Gasteiger partial charge < -0.3 is 5.32 Å². The van der Waals surface area contributed by atoms with E-state index in [1.165, 1.54) is 12.1 Å². The quantitative estimate of drug-likeness (QED) is 0.340. The van der Waals surface area contributed by atoms with E-state index in [0.29, 0.717) is 16.3 Å². The predicted octanol–water partition coefficient (Wildman–Crippen LogP) is 6.51. The van der Waals surface area contributed by atoms with Gasteiger partial charge in [0, 0.05) is 11.3 Å². The van der Waals surface area contributed by atoms with Crippen molar-refractivity contribution in [2.24, 2.45) is 0 Å². The van der Waals surface area contributed by atoms with E-state index in [1.54, 1.807) is 30.3 Å². The van der Waals surface area contributed by atoms with Crippen molar-refractivity contribution in [2.45, 2.75) is 18.3 Å². The summed E-state index contributed by atoms with van der Waals surface area (Å²) in [5.41, 5.74) is 0.971. The van der Waals surface area contributed by atoms with E-state index in [0.717, 1.165) is 23.4 Å². The molecule has 0 spiro atoms. The van der Waals surface area contributed by atoms with Crippen LogP contribution in [0.25, 0.3) is 11.3 Å². The molecule has 0 atom stereocenters. The third-order valence-electron chi connectivity index (χ3n) is 3.88. The molecule has 4 nitrogen and oxygen atoms in total. The Kier molecular flexibility index (Phi) is 6.90. The number of carbonyl (C=O) groups is 1. The zero-order valence-electron chi connectivity index (χ0n) is 15.4. The Morgan fingerprint density at radius 2 is 1.73 bits per heavy atom. The Morgan fingerprint density at radius 3 is 2.37 bits per heavy atom. The summed E-state index contributed by atoms with van der Waals surface area (Å²) in [6, 6.07) is 12.4. The normalized spacial score (nSPS) is 11.4. The number of amides is 1. The van der Waals surface area contributed by atoms with Gasteiger partial charge in [-0.3, -0.25) is 4.79 Å². The van der Waals surface area contributed by atoms with Crippen molar-refractivity contribution in [3.8, 4) is 11.3 Å². The minimum absolute atomic E-state index is 0.129. The molecule has 3 aromatic rings. The summed E-state index contributed by atoms with van der Waals surface area (Å²) in [5, 5.41) is 3.06. The number of nitrogens with one attached hydrogen (secondary N) is 1. The van der Waals surface area contributed by atoms with Gasteiger partial charge in [-0.15, -0.1) is 0 Å². The maximum Gasteiger partial charge on any atom is 0.433 e. The zero-order chi connectivity index (χ0) is 21.9. The topological polar surface area (TPSA) is 54.9 Å². The van der Waals surface area contributed by atoms with E-state index < -0.39 is 17.8 Å². The summed E-state index contributed by atoms with van der Waals surface area (Å²) in [4.78, 5) is 19.9. The SMILES string of the molecule is Cc1ccc(-c2cc(C(F)(F)F)nc(SCC(=O)Nc3ccc(Cl)c(Cl)c3)n2)cc1. The van der Waals surface area contributed by atoms with Gasteiger partial charge in [0.2, 0.25) is 5.91 Å². The number of thioether (sulfide) groups is 1. The lowest BCUT2D eigenvalue weighted by atomic mass is 10.1.